The number of nitrogens with zero attached hydrogens (tertiary/aromatic N) is 2. The van der Waals surface area contributed by atoms with Crippen LogP contribution in [0.3, 0.4) is 0 Å². The van der Waals surface area contributed by atoms with E-state index in [0.717, 1.165) is 18.7 Å². The van der Waals surface area contributed by atoms with Crippen molar-refractivity contribution in [3.63, 3.8) is 0 Å². The van der Waals surface area contributed by atoms with Gasteiger partial charge >= 0.3 is 0 Å². The molecule has 0 aliphatic carbocycles. The summed E-state index contributed by atoms with van der Waals surface area (Å²) in [7, 11) is 0. The minimum Gasteiger partial charge on any atom is -0.366 e. The van der Waals surface area contributed by atoms with E-state index in [4.69, 9.17) is 0 Å². The maximum Gasteiger partial charge on any atom is 0.159 e. The summed E-state index contributed by atoms with van der Waals surface area (Å²) >= 11 is 0. The highest BCUT2D eigenvalue weighted by Gasteiger charge is 2.36. The number of rotatable bonds is 4. The molecule has 0 fully saturated rings. The molecule has 4 heteroatoms. The highest BCUT2D eigenvalue weighted by molar-refractivity contribution is 5.94. The number of halogens is 1. The molecule has 2 aromatic carbocycles. The number of Topliss-reactive ketones (excluding diaryl/α,β-unsaturated/α-hetero) is 1. The van der Waals surface area contributed by atoms with Crippen molar-refractivity contribution >= 4 is 23.4 Å². The second-order valence-corrected chi connectivity index (χ2v) is 7.96. The molecule has 3 nitrogen and oxygen atoms in total. The lowest BCUT2D eigenvalue weighted by molar-refractivity contribution is 0.101. The number of anilines is 1. The van der Waals surface area contributed by atoms with Crippen molar-refractivity contribution in [3.8, 4) is 0 Å². The number of hydrogen-bond acceptors (Lipinski definition) is 3. The monoisotopic (exact) mass is 366 g/mol. The van der Waals surface area contributed by atoms with Gasteiger partial charge in [-0.15, -0.1) is 0 Å². The van der Waals surface area contributed by atoms with Crippen molar-refractivity contribution in [2.24, 2.45) is 4.99 Å². The SMILES string of the molecule is CCN1c2cc(F)c(C=Nc3ccc(C(C)=O)cc3)cc2C(C)CC1(C)C. The van der Waals surface area contributed by atoms with Crippen molar-refractivity contribution in [2.45, 2.75) is 52.5 Å². The van der Waals surface area contributed by atoms with Gasteiger partial charge in [0.1, 0.15) is 5.82 Å². The number of fused-ring (bicyclic) bond motifs is 1. The summed E-state index contributed by atoms with van der Waals surface area (Å²) in [4.78, 5) is 18.0. The van der Waals surface area contributed by atoms with Crippen LogP contribution in [0.15, 0.2) is 41.4 Å². The molecular formula is C23H27FN2O. The molecule has 142 valence electrons. The summed E-state index contributed by atoms with van der Waals surface area (Å²) in [5, 5.41) is 0. The second kappa shape index (κ2) is 7.26. The average molecular weight is 366 g/mol. The first-order valence-electron chi connectivity index (χ1n) is 9.49. The lowest BCUT2D eigenvalue weighted by Gasteiger charge is -2.47. The van der Waals surface area contributed by atoms with Crippen LogP contribution >= 0.6 is 0 Å². The zero-order valence-corrected chi connectivity index (χ0v) is 16.7. The van der Waals surface area contributed by atoms with E-state index in [1.165, 1.54) is 12.5 Å². The van der Waals surface area contributed by atoms with Crippen LogP contribution in [0.4, 0.5) is 15.8 Å². The number of ketones is 1. The van der Waals surface area contributed by atoms with E-state index >= 15 is 0 Å². The Kier molecular flexibility index (Phi) is 5.18. The fourth-order valence-electron chi connectivity index (χ4n) is 4.14. The molecule has 0 spiro atoms. The quantitative estimate of drug-likeness (QED) is 0.499. The standard InChI is InChI=1S/C23H27FN2O/c1-6-26-22-12-21(24)18(11-20(22)15(2)13-23(26,4)5)14-25-19-9-7-17(8-10-19)16(3)27/h7-12,14-15H,6,13H2,1-5H3. The van der Waals surface area contributed by atoms with Gasteiger partial charge in [0.05, 0.1) is 5.69 Å². The summed E-state index contributed by atoms with van der Waals surface area (Å²) in [5.41, 5.74) is 4.01. The third-order valence-corrected chi connectivity index (χ3v) is 5.45. The predicted octanol–water partition coefficient (Wildman–Crippen LogP) is 5.89. The van der Waals surface area contributed by atoms with E-state index in [1.807, 2.05) is 6.07 Å². The molecule has 0 aromatic heterocycles. The summed E-state index contributed by atoms with van der Waals surface area (Å²) in [6, 6.07) is 10.6. The third-order valence-electron chi connectivity index (χ3n) is 5.45. The van der Waals surface area contributed by atoms with Crippen molar-refractivity contribution < 1.29 is 9.18 Å². The Balaban J connectivity index is 1.94. The van der Waals surface area contributed by atoms with E-state index in [1.54, 1.807) is 36.5 Å². The first-order valence-corrected chi connectivity index (χ1v) is 9.49. The van der Waals surface area contributed by atoms with Gasteiger partial charge in [0.25, 0.3) is 0 Å². The number of carbonyl (C=O) groups excluding carboxylic acids is 1. The van der Waals surface area contributed by atoms with Crippen molar-refractivity contribution in [1.82, 2.24) is 0 Å². The molecule has 0 radical (unpaired) electrons. The molecule has 0 saturated heterocycles. The molecule has 1 heterocycles. The molecule has 0 amide bonds. The number of carbonyl (C=O) groups is 1. The van der Waals surface area contributed by atoms with E-state index < -0.39 is 0 Å². The van der Waals surface area contributed by atoms with Gasteiger partial charge < -0.3 is 4.90 Å². The van der Waals surface area contributed by atoms with Gasteiger partial charge in [-0.25, -0.2) is 4.39 Å². The van der Waals surface area contributed by atoms with Crippen LogP contribution in [0, 0.1) is 5.82 Å². The van der Waals surface area contributed by atoms with Crippen LogP contribution in [-0.4, -0.2) is 24.1 Å². The zero-order chi connectivity index (χ0) is 19.8. The van der Waals surface area contributed by atoms with E-state index in [-0.39, 0.29) is 17.1 Å². The molecule has 3 rings (SSSR count). The van der Waals surface area contributed by atoms with Crippen LogP contribution < -0.4 is 4.90 Å². The summed E-state index contributed by atoms with van der Waals surface area (Å²) < 4.78 is 14.8. The average Bonchev–Trinajstić information content (AvgIpc) is 2.60. The Labute approximate surface area is 160 Å². The molecule has 1 aliphatic heterocycles. The molecule has 0 bridgehead atoms. The van der Waals surface area contributed by atoms with E-state index in [2.05, 4.69) is 37.6 Å². The smallest absolute Gasteiger partial charge is 0.159 e. The maximum absolute atomic E-state index is 14.8. The molecular weight excluding hydrogens is 339 g/mol. The van der Waals surface area contributed by atoms with Gasteiger partial charge in [0, 0.05) is 35.1 Å². The third kappa shape index (κ3) is 3.80. The Morgan fingerprint density at radius 1 is 1.30 bits per heavy atom. The Hall–Kier alpha value is -2.49. The van der Waals surface area contributed by atoms with E-state index in [9.17, 15) is 9.18 Å². The lowest BCUT2D eigenvalue weighted by Crippen LogP contribution is -2.48. The summed E-state index contributed by atoms with van der Waals surface area (Å²) in [6.45, 7) is 11.1. The predicted molar refractivity (Wildman–Crippen MR) is 110 cm³/mol. The second-order valence-electron chi connectivity index (χ2n) is 7.96. The summed E-state index contributed by atoms with van der Waals surface area (Å²) in [6.07, 6.45) is 2.60. The first kappa shape index (κ1) is 19.3. The Morgan fingerprint density at radius 3 is 2.56 bits per heavy atom. The fourth-order valence-corrected chi connectivity index (χ4v) is 4.14. The van der Waals surface area contributed by atoms with Gasteiger partial charge in [-0.3, -0.25) is 9.79 Å². The minimum absolute atomic E-state index is 0.0155. The normalized spacial score (nSPS) is 18.6. The molecule has 0 N–H and O–H groups in total. The maximum atomic E-state index is 14.8. The van der Waals surface area contributed by atoms with Gasteiger partial charge in [0.15, 0.2) is 5.78 Å². The number of aliphatic imine (C=N–C) groups is 1. The van der Waals surface area contributed by atoms with Crippen LogP contribution in [0.2, 0.25) is 0 Å². The van der Waals surface area contributed by atoms with Crippen molar-refractivity contribution in [3.05, 3.63) is 58.9 Å². The van der Waals surface area contributed by atoms with E-state index in [0.29, 0.717) is 22.7 Å². The first-order chi connectivity index (χ1) is 12.7. The lowest BCUT2D eigenvalue weighted by atomic mass is 9.79. The van der Waals surface area contributed by atoms with Crippen LogP contribution in [0.1, 0.15) is 68.4 Å². The summed E-state index contributed by atoms with van der Waals surface area (Å²) in [5.74, 6) is 0.116. The van der Waals surface area contributed by atoms with Crippen LogP contribution in [0.25, 0.3) is 0 Å². The van der Waals surface area contributed by atoms with Crippen molar-refractivity contribution in [2.75, 3.05) is 11.4 Å². The largest absolute Gasteiger partial charge is 0.366 e. The van der Waals surface area contributed by atoms with Gasteiger partial charge in [-0.1, -0.05) is 6.92 Å². The molecule has 27 heavy (non-hydrogen) atoms. The number of hydrogen-bond donors (Lipinski definition) is 0. The molecule has 1 aliphatic rings. The van der Waals surface area contributed by atoms with Gasteiger partial charge in [-0.05, 0) is 82.0 Å². The fraction of sp³-hybridized carbons (Fsp3) is 0.391. The van der Waals surface area contributed by atoms with Crippen molar-refractivity contribution in [1.29, 1.82) is 0 Å². The topological polar surface area (TPSA) is 32.7 Å². The van der Waals surface area contributed by atoms with Gasteiger partial charge in [-0.2, -0.15) is 0 Å². The Morgan fingerprint density at radius 2 is 1.96 bits per heavy atom. The molecule has 1 atom stereocenters. The highest BCUT2D eigenvalue weighted by Crippen LogP contribution is 2.43. The van der Waals surface area contributed by atoms with Crippen LogP contribution in [-0.2, 0) is 0 Å². The minimum atomic E-state index is -0.263. The molecule has 2 aromatic rings. The number of benzene rings is 2. The zero-order valence-electron chi connectivity index (χ0n) is 16.7. The molecule has 0 saturated carbocycles. The Bertz CT molecular complexity index is 884. The molecule has 1 unspecified atom stereocenters. The van der Waals surface area contributed by atoms with Gasteiger partial charge in [0.2, 0.25) is 0 Å². The highest BCUT2D eigenvalue weighted by atomic mass is 19.1. The van der Waals surface area contributed by atoms with Crippen LogP contribution in [0.5, 0.6) is 0 Å².